The Morgan fingerprint density at radius 1 is 1.21 bits per heavy atom. The summed E-state index contributed by atoms with van der Waals surface area (Å²) in [5.41, 5.74) is 0.906. The lowest BCUT2D eigenvalue weighted by Gasteiger charge is -2.18. The van der Waals surface area contributed by atoms with Gasteiger partial charge in [-0.25, -0.2) is 0 Å². The monoisotopic (exact) mass is 511 g/mol. The number of carbonyl (C=O) groups excluding carboxylic acids is 2. The van der Waals surface area contributed by atoms with Crippen LogP contribution in [-0.2, 0) is 24.4 Å². The van der Waals surface area contributed by atoms with E-state index in [1.165, 1.54) is 37.1 Å². The van der Waals surface area contributed by atoms with Gasteiger partial charge in [0.25, 0.3) is 16.0 Å². The van der Waals surface area contributed by atoms with E-state index in [0.717, 1.165) is 5.69 Å². The molecule has 2 aliphatic rings. The van der Waals surface area contributed by atoms with Crippen LogP contribution in [0.25, 0.3) is 0 Å². The summed E-state index contributed by atoms with van der Waals surface area (Å²) < 4.78 is 46.9. The van der Waals surface area contributed by atoms with Gasteiger partial charge in [-0.2, -0.15) is 8.42 Å². The van der Waals surface area contributed by atoms with Gasteiger partial charge in [0.2, 0.25) is 5.88 Å². The largest absolute Gasteiger partial charge is 0.497 e. The Labute approximate surface area is 202 Å². The number of rotatable bonds is 9. The van der Waals surface area contributed by atoms with Crippen LogP contribution in [0.1, 0.15) is 12.8 Å². The first-order valence-corrected chi connectivity index (χ1v) is 12.2. The summed E-state index contributed by atoms with van der Waals surface area (Å²) in [5, 5.41) is 0.169. The number of unbranched alkanes of at least 4 members (excludes halogenated alkanes) is 1. The summed E-state index contributed by atoms with van der Waals surface area (Å²) in [4.78, 5) is 28.9. The van der Waals surface area contributed by atoms with Gasteiger partial charge < -0.3 is 24.0 Å². The van der Waals surface area contributed by atoms with Gasteiger partial charge in [0.05, 0.1) is 25.7 Å². The number of anilines is 1. The van der Waals surface area contributed by atoms with E-state index in [-0.39, 0.29) is 35.4 Å². The maximum atomic E-state index is 12.7. The number of likely N-dealkylation sites (N-methyl/N-ethyl adjacent to an activating group) is 1. The van der Waals surface area contributed by atoms with Crippen molar-refractivity contribution in [3.05, 3.63) is 41.9 Å². The van der Waals surface area contributed by atoms with Crippen molar-refractivity contribution in [1.29, 1.82) is 0 Å². The van der Waals surface area contributed by atoms with Crippen molar-refractivity contribution in [3.63, 3.8) is 0 Å². The zero-order valence-electron chi connectivity index (χ0n) is 18.9. The fourth-order valence-electron chi connectivity index (χ4n) is 3.44. The number of amides is 1. The zero-order valence-corrected chi connectivity index (χ0v) is 20.5. The molecule has 0 spiro atoms. The number of allylic oxidation sites excluding steroid dienone is 2. The smallest absolute Gasteiger partial charge is 0.325 e. The number of ether oxygens (including phenoxy) is 3. The number of fused-ring (bicyclic) bond motifs is 1. The SMILES string of the molecule is COC(=O)CN1C(=S)N(C)C(=O)/C1=C/C=C1/Oc2cc(OC)ccc2N1CCCCS(=O)(=O)O. The summed E-state index contributed by atoms with van der Waals surface area (Å²) in [6.45, 7) is 0.167. The minimum absolute atomic E-state index is 0.169. The standard InChI is InChI=1S/C21H25N3O8S2/c1-22-20(26)16(24(21(22)33)13-19(25)31-3)8-9-18-23(10-4-5-11-34(27,28)29)15-7-6-14(30-2)12-17(15)32-18/h6-9,12H,4-5,10-11,13H2,1-3H3,(H,27,28,29)/b16-8-,18-9+. The van der Waals surface area contributed by atoms with E-state index in [1.807, 2.05) is 4.90 Å². The van der Waals surface area contributed by atoms with Crippen molar-refractivity contribution in [2.45, 2.75) is 12.8 Å². The first-order valence-electron chi connectivity index (χ1n) is 10.2. The molecule has 1 aromatic rings. The Bertz CT molecular complexity index is 1160. The number of hydrogen-bond donors (Lipinski definition) is 1. The first kappa shape index (κ1) is 25.5. The van der Waals surface area contributed by atoms with Gasteiger partial charge in [-0.05, 0) is 43.3 Å². The van der Waals surface area contributed by atoms with Gasteiger partial charge in [0, 0.05) is 25.7 Å². The maximum absolute atomic E-state index is 12.7. The Kier molecular flexibility index (Phi) is 7.79. The number of benzene rings is 1. The quantitative estimate of drug-likeness (QED) is 0.170. The molecular weight excluding hydrogens is 486 g/mol. The van der Waals surface area contributed by atoms with Crippen molar-refractivity contribution in [3.8, 4) is 11.5 Å². The highest BCUT2D eigenvalue weighted by Gasteiger charge is 2.37. The second-order valence-corrected chi connectivity index (χ2v) is 9.38. The normalized spacial score (nSPS) is 18.1. The molecule has 2 aliphatic heterocycles. The van der Waals surface area contributed by atoms with Crippen LogP contribution in [0, 0.1) is 0 Å². The van der Waals surface area contributed by atoms with Crippen molar-refractivity contribution >= 4 is 45.0 Å². The number of carbonyl (C=O) groups is 2. The van der Waals surface area contributed by atoms with Crippen molar-refractivity contribution in [1.82, 2.24) is 9.80 Å². The molecule has 0 aromatic heterocycles. The van der Waals surface area contributed by atoms with Crippen LogP contribution in [0.5, 0.6) is 11.5 Å². The molecule has 184 valence electrons. The van der Waals surface area contributed by atoms with Gasteiger partial charge >= 0.3 is 5.97 Å². The summed E-state index contributed by atoms with van der Waals surface area (Å²) in [7, 11) is 0.245. The van der Waals surface area contributed by atoms with E-state index in [2.05, 4.69) is 0 Å². The molecule has 0 atom stereocenters. The Morgan fingerprint density at radius 2 is 1.94 bits per heavy atom. The molecule has 3 rings (SSSR count). The van der Waals surface area contributed by atoms with E-state index in [9.17, 15) is 18.0 Å². The number of methoxy groups -OCH3 is 2. The molecule has 1 amide bonds. The molecule has 34 heavy (non-hydrogen) atoms. The van der Waals surface area contributed by atoms with Gasteiger partial charge in [-0.1, -0.05) is 0 Å². The van der Waals surface area contributed by atoms with Gasteiger partial charge in [0.15, 0.2) is 10.9 Å². The molecule has 1 aromatic carbocycles. The molecule has 0 bridgehead atoms. The average molecular weight is 512 g/mol. The zero-order chi connectivity index (χ0) is 25.0. The molecule has 0 radical (unpaired) electrons. The predicted octanol–water partition coefficient (Wildman–Crippen LogP) is 1.52. The molecule has 0 aliphatic carbocycles. The summed E-state index contributed by atoms with van der Waals surface area (Å²) in [6.07, 6.45) is 3.78. The second kappa shape index (κ2) is 10.4. The second-order valence-electron chi connectivity index (χ2n) is 7.45. The molecule has 11 nitrogen and oxygen atoms in total. The summed E-state index contributed by atoms with van der Waals surface area (Å²) in [6, 6.07) is 5.28. The predicted molar refractivity (Wildman–Crippen MR) is 127 cm³/mol. The van der Waals surface area contributed by atoms with Crippen molar-refractivity contribution in [2.24, 2.45) is 0 Å². The van der Waals surface area contributed by atoms with E-state index in [1.54, 1.807) is 24.3 Å². The average Bonchev–Trinajstić information content (AvgIpc) is 3.24. The highest BCUT2D eigenvalue weighted by atomic mass is 32.2. The van der Waals surface area contributed by atoms with Gasteiger partial charge in [-0.3, -0.25) is 19.0 Å². The molecule has 1 N–H and O–H groups in total. The molecule has 0 unspecified atom stereocenters. The Balaban J connectivity index is 1.90. The molecule has 1 fully saturated rings. The highest BCUT2D eigenvalue weighted by Crippen LogP contribution is 2.41. The van der Waals surface area contributed by atoms with Crippen LogP contribution >= 0.6 is 12.2 Å². The third kappa shape index (κ3) is 5.66. The number of thiocarbonyl (C=S) groups is 1. The number of esters is 1. The Morgan fingerprint density at radius 3 is 2.59 bits per heavy atom. The summed E-state index contributed by atoms with van der Waals surface area (Å²) in [5.74, 6) is 0.209. The van der Waals surface area contributed by atoms with Crippen LogP contribution in [0.4, 0.5) is 5.69 Å². The van der Waals surface area contributed by atoms with E-state index < -0.39 is 16.1 Å². The molecule has 13 heteroatoms. The number of hydrogen-bond acceptors (Lipinski definition) is 9. The fraction of sp³-hybridized carbons (Fsp3) is 0.381. The Hall–Kier alpha value is -3.16. The minimum Gasteiger partial charge on any atom is -0.497 e. The van der Waals surface area contributed by atoms with Gasteiger partial charge in [-0.15, -0.1) is 0 Å². The van der Waals surface area contributed by atoms with Crippen LogP contribution in [0.3, 0.4) is 0 Å². The topological polar surface area (TPSA) is 126 Å². The van der Waals surface area contributed by atoms with Crippen molar-refractivity contribution < 1.29 is 36.8 Å². The fourth-order valence-corrected chi connectivity index (χ4v) is 4.25. The molecule has 0 saturated carbocycles. The van der Waals surface area contributed by atoms with Crippen LogP contribution in [0.15, 0.2) is 41.9 Å². The van der Waals surface area contributed by atoms with Crippen LogP contribution < -0.4 is 14.4 Å². The lowest BCUT2D eigenvalue weighted by Crippen LogP contribution is -2.33. The van der Waals surface area contributed by atoms with E-state index in [0.29, 0.717) is 30.3 Å². The third-order valence-corrected chi connectivity index (χ3v) is 6.50. The highest BCUT2D eigenvalue weighted by molar-refractivity contribution is 7.85. The number of nitrogens with zero attached hydrogens (tertiary/aromatic N) is 3. The molecular formula is C21H25N3O8S2. The van der Waals surface area contributed by atoms with Crippen LogP contribution in [-0.4, -0.2) is 79.9 Å². The lowest BCUT2D eigenvalue weighted by atomic mass is 10.2. The first-order chi connectivity index (χ1) is 16.1. The lowest BCUT2D eigenvalue weighted by molar-refractivity contribution is -0.140. The van der Waals surface area contributed by atoms with Crippen LogP contribution in [0.2, 0.25) is 0 Å². The minimum atomic E-state index is -4.05. The molecule has 1 saturated heterocycles. The van der Waals surface area contributed by atoms with Crippen molar-refractivity contribution in [2.75, 3.05) is 45.0 Å². The molecule has 2 heterocycles. The van der Waals surface area contributed by atoms with E-state index in [4.69, 9.17) is 31.0 Å². The summed E-state index contributed by atoms with van der Waals surface area (Å²) >= 11 is 5.28. The van der Waals surface area contributed by atoms with E-state index >= 15 is 0 Å². The third-order valence-electron chi connectivity index (χ3n) is 5.20. The van der Waals surface area contributed by atoms with Gasteiger partial charge in [0.1, 0.15) is 18.0 Å². The maximum Gasteiger partial charge on any atom is 0.325 e.